The van der Waals surface area contributed by atoms with Gasteiger partial charge in [0.2, 0.25) is 0 Å². The number of nitrogens with two attached hydrogens (primary N) is 1. The Hall–Kier alpha value is -1.81. The van der Waals surface area contributed by atoms with Crippen molar-refractivity contribution in [1.29, 1.82) is 0 Å². The summed E-state index contributed by atoms with van der Waals surface area (Å²) in [7, 11) is 1.53. The van der Waals surface area contributed by atoms with Crippen LogP contribution in [0.25, 0.3) is 11.3 Å². The third-order valence-corrected chi connectivity index (χ3v) is 2.50. The minimum absolute atomic E-state index is 0.191. The Labute approximate surface area is 99.0 Å². The van der Waals surface area contributed by atoms with Crippen molar-refractivity contribution in [3.63, 3.8) is 0 Å². The summed E-state index contributed by atoms with van der Waals surface area (Å²) in [5.41, 5.74) is 6.29. The lowest BCUT2D eigenvalue weighted by molar-refractivity contribution is 0.412. The first-order valence-electron chi connectivity index (χ1n) is 5.31. The van der Waals surface area contributed by atoms with Crippen molar-refractivity contribution in [2.75, 3.05) is 7.11 Å². The third kappa shape index (κ3) is 2.31. The molecule has 1 unspecified atom stereocenters. The van der Waals surface area contributed by atoms with Crippen molar-refractivity contribution >= 4 is 0 Å². The van der Waals surface area contributed by atoms with Crippen LogP contribution in [0.15, 0.2) is 34.7 Å². The third-order valence-electron chi connectivity index (χ3n) is 2.50. The molecular weight excluding hydrogens is 221 g/mol. The summed E-state index contributed by atoms with van der Waals surface area (Å²) in [5, 5.41) is 0. The second-order valence-corrected chi connectivity index (χ2v) is 3.84. The van der Waals surface area contributed by atoms with Gasteiger partial charge in [-0.2, -0.15) is 0 Å². The minimum atomic E-state index is -0.334. The molecule has 4 heteroatoms. The Balaban J connectivity index is 2.47. The number of hydrogen-bond donors (Lipinski definition) is 1. The molecule has 0 fully saturated rings. The Morgan fingerprint density at radius 1 is 1.29 bits per heavy atom. The molecule has 17 heavy (non-hydrogen) atoms. The molecule has 1 aromatic carbocycles. The van der Waals surface area contributed by atoms with Crippen molar-refractivity contribution in [2.45, 2.75) is 13.0 Å². The zero-order valence-electron chi connectivity index (χ0n) is 9.74. The Kier molecular flexibility index (Phi) is 3.15. The topological polar surface area (TPSA) is 48.4 Å². The Morgan fingerprint density at radius 3 is 2.65 bits per heavy atom. The molecule has 1 heterocycles. The lowest BCUT2D eigenvalue weighted by Crippen LogP contribution is -2.02. The largest absolute Gasteiger partial charge is 0.496 e. The monoisotopic (exact) mass is 235 g/mol. The van der Waals surface area contributed by atoms with Crippen molar-refractivity contribution in [3.8, 4) is 17.1 Å². The van der Waals surface area contributed by atoms with E-state index in [1.165, 1.54) is 19.2 Å². The molecule has 0 saturated carbocycles. The van der Waals surface area contributed by atoms with Gasteiger partial charge in [-0.05, 0) is 37.3 Å². The van der Waals surface area contributed by atoms with Crippen LogP contribution in [0, 0.1) is 5.82 Å². The molecule has 1 atom stereocenters. The fraction of sp³-hybridized carbons (Fsp3) is 0.231. The molecule has 0 radical (unpaired) electrons. The van der Waals surface area contributed by atoms with E-state index in [4.69, 9.17) is 14.9 Å². The SMILES string of the molecule is COc1ccc(F)cc1-c1ccc(C(C)N)o1. The number of hydrogen-bond acceptors (Lipinski definition) is 3. The quantitative estimate of drug-likeness (QED) is 0.889. The van der Waals surface area contributed by atoms with E-state index in [0.29, 0.717) is 22.8 Å². The Bertz CT molecular complexity index is 520. The highest BCUT2D eigenvalue weighted by Gasteiger charge is 2.12. The fourth-order valence-corrected chi connectivity index (χ4v) is 1.62. The summed E-state index contributed by atoms with van der Waals surface area (Å²) in [6, 6.07) is 7.64. The van der Waals surface area contributed by atoms with E-state index in [1.54, 1.807) is 18.2 Å². The van der Waals surface area contributed by atoms with Crippen LogP contribution < -0.4 is 10.5 Å². The smallest absolute Gasteiger partial charge is 0.138 e. The van der Waals surface area contributed by atoms with E-state index in [1.807, 2.05) is 6.92 Å². The van der Waals surface area contributed by atoms with Crippen LogP contribution in [0.3, 0.4) is 0 Å². The summed E-state index contributed by atoms with van der Waals surface area (Å²) in [6.07, 6.45) is 0. The van der Waals surface area contributed by atoms with Gasteiger partial charge in [0.25, 0.3) is 0 Å². The van der Waals surface area contributed by atoms with Gasteiger partial charge in [0, 0.05) is 0 Å². The van der Waals surface area contributed by atoms with Gasteiger partial charge in [-0.15, -0.1) is 0 Å². The number of ether oxygens (including phenoxy) is 1. The van der Waals surface area contributed by atoms with Gasteiger partial charge in [-0.1, -0.05) is 0 Å². The second-order valence-electron chi connectivity index (χ2n) is 3.84. The first kappa shape index (κ1) is 11.7. The highest BCUT2D eigenvalue weighted by molar-refractivity contribution is 5.66. The summed E-state index contributed by atoms with van der Waals surface area (Å²) in [4.78, 5) is 0. The van der Waals surface area contributed by atoms with Gasteiger partial charge in [0.15, 0.2) is 0 Å². The number of rotatable bonds is 3. The van der Waals surface area contributed by atoms with Crippen LogP contribution in [0.4, 0.5) is 4.39 Å². The van der Waals surface area contributed by atoms with Crippen molar-refractivity contribution in [1.82, 2.24) is 0 Å². The molecule has 2 rings (SSSR count). The molecular formula is C13H14FNO2. The van der Waals surface area contributed by atoms with Crippen LogP contribution in [0.5, 0.6) is 5.75 Å². The lowest BCUT2D eigenvalue weighted by atomic mass is 10.1. The van der Waals surface area contributed by atoms with E-state index in [0.717, 1.165) is 0 Å². The van der Waals surface area contributed by atoms with Crippen LogP contribution in [-0.2, 0) is 0 Å². The number of methoxy groups -OCH3 is 1. The van der Waals surface area contributed by atoms with Gasteiger partial charge in [-0.3, -0.25) is 0 Å². The van der Waals surface area contributed by atoms with Gasteiger partial charge in [0.05, 0.1) is 18.7 Å². The molecule has 3 nitrogen and oxygen atoms in total. The van der Waals surface area contributed by atoms with Crippen LogP contribution in [0.2, 0.25) is 0 Å². The molecule has 2 aromatic rings. The predicted octanol–water partition coefficient (Wildman–Crippen LogP) is 3.11. The van der Waals surface area contributed by atoms with Crippen LogP contribution in [0.1, 0.15) is 18.7 Å². The maximum absolute atomic E-state index is 13.2. The zero-order chi connectivity index (χ0) is 12.4. The van der Waals surface area contributed by atoms with Gasteiger partial charge in [-0.25, -0.2) is 4.39 Å². The van der Waals surface area contributed by atoms with Crippen LogP contribution >= 0.6 is 0 Å². The van der Waals surface area contributed by atoms with E-state index >= 15 is 0 Å². The molecule has 0 amide bonds. The van der Waals surface area contributed by atoms with E-state index < -0.39 is 0 Å². The average Bonchev–Trinajstić information content (AvgIpc) is 2.78. The number of furan rings is 1. The highest BCUT2D eigenvalue weighted by Crippen LogP contribution is 2.32. The highest BCUT2D eigenvalue weighted by atomic mass is 19.1. The maximum atomic E-state index is 13.2. The fourth-order valence-electron chi connectivity index (χ4n) is 1.62. The molecule has 0 bridgehead atoms. The summed E-state index contributed by atoms with van der Waals surface area (Å²) in [5.74, 6) is 1.44. The number of halogens is 1. The summed E-state index contributed by atoms with van der Waals surface area (Å²) in [6.45, 7) is 1.82. The standard InChI is InChI=1S/C13H14FNO2/c1-8(15)11-5-6-13(17-11)10-7-9(14)3-4-12(10)16-2/h3-8H,15H2,1-2H3. The minimum Gasteiger partial charge on any atom is -0.496 e. The number of benzene rings is 1. The van der Waals surface area contributed by atoms with E-state index in [-0.39, 0.29) is 11.9 Å². The van der Waals surface area contributed by atoms with Crippen molar-refractivity contribution in [2.24, 2.45) is 5.73 Å². The lowest BCUT2D eigenvalue weighted by Gasteiger charge is -2.06. The predicted molar refractivity (Wildman–Crippen MR) is 63.3 cm³/mol. The van der Waals surface area contributed by atoms with Crippen molar-refractivity contribution < 1.29 is 13.5 Å². The molecule has 0 saturated heterocycles. The molecule has 1 aromatic heterocycles. The molecule has 90 valence electrons. The molecule has 0 aliphatic carbocycles. The first-order valence-corrected chi connectivity index (χ1v) is 5.31. The molecule has 0 aliphatic heterocycles. The molecule has 0 aliphatic rings. The van der Waals surface area contributed by atoms with Crippen molar-refractivity contribution in [3.05, 3.63) is 41.9 Å². The first-order chi connectivity index (χ1) is 8.11. The van der Waals surface area contributed by atoms with Gasteiger partial charge < -0.3 is 14.9 Å². The normalized spacial score (nSPS) is 12.5. The van der Waals surface area contributed by atoms with Gasteiger partial charge >= 0.3 is 0 Å². The molecule has 0 spiro atoms. The van der Waals surface area contributed by atoms with Crippen LogP contribution in [-0.4, -0.2) is 7.11 Å². The Morgan fingerprint density at radius 2 is 2.06 bits per heavy atom. The maximum Gasteiger partial charge on any atom is 0.138 e. The zero-order valence-corrected chi connectivity index (χ0v) is 9.74. The van der Waals surface area contributed by atoms with Gasteiger partial charge in [0.1, 0.15) is 23.1 Å². The van der Waals surface area contributed by atoms with E-state index in [2.05, 4.69) is 0 Å². The summed E-state index contributed by atoms with van der Waals surface area (Å²) < 4.78 is 23.9. The second kappa shape index (κ2) is 4.59. The van der Waals surface area contributed by atoms with E-state index in [9.17, 15) is 4.39 Å². The molecule has 2 N–H and O–H groups in total. The summed E-state index contributed by atoms with van der Waals surface area (Å²) >= 11 is 0. The average molecular weight is 235 g/mol.